The number of nitrogens with two attached hydrogens (primary N) is 1. The molecule has 1 amide bonds. The molecule has 0 saturated heterocycles. The fraction of sp³-hybridized carbons (Fsp3) is 0.367. The van der Waals surface area contributed by atoms with Crippen molar-refractivity contribution in [1.29, 1.82) is 0 Å². The first-order chi connectivity index (χ1) is 19.5. The molecule has 0 bridgehead atoms. The SMILES string of the molecule is CNC(C)(C)c1cc(-c2ccc(F)c(C)c2)nc(C(O)(CCC(=O)c2ccc(OCC(N)=O)c(OC)c2)C(F)(F)F)c1. The van der Waals surface area contributed by atoms with Crippen LogP contribution in [0.15, 0.2) is 48.5 Å². The molecule has 1 heterocycles. The summed E-state index contributed by atoms with van der Waals surface area (Å²) >= 11 is 0. The number of Topliss-reactive ketones (excluding diaryl/α,β-unsaturated/α-hetero) is 1. The monoisotopic (exact) mass is 591 g/mol. The number of hydrogen-bond donors (Lipinski definition) is 3. The highest BCUT2D eigenvalue weighted by atomic mass is 19.4. The number of aromatic nitrogens is 1. The number of aryl methyl sites for hydroxylation is 1. The van der Waals surface area contributed by atoms with Crippen LogP contribution in [0.2, 0.25) is 0 Å². The number of benzene rings is 2. The standard InChI is InChI=1S/C30H33F4N3O5/c1-17-12-18(6-8-21(17)31)22-14-20(28(2,3)36-4)15-26(37-22)29(40,30(32,33)34)11-10-23(38)19-7-9-24(25(13-19)41-5)42-16-27(35)39/h6-9,12-15,36,40H,10-11,16H2,1-5H3,(H2,35,39). The largest absolute Gasteiger partial charge is 0.493 e. The number of methoxy groups -OCH3 is 1. The third kappa shape index (κ3) is 7.05. The van der Waals surface area contributed by atoms with Gasteiger partial charge in [-0.15, -0.1) is 0 Å². The fourth-order valence-corrected chi connectivity index (χ4v) is 4.16. The van der Waals surface area contributed by atoms with Gasteiger partial charge in [-0.25, -0.2) is 9.37 Å². The molecule has 0 fully saturated rings. The minimum absolute atomic E-state index is 0.00306. The highest BCUT2D eigenvalue weighted by Gasteiger charge is 2.56. The number of ether oxygens (including phenoxy) is 2. The molecule has 1 unspecified atom stereocenters. The van der Waals surface area contributed by atoms with Crippen LogP contribution in [-0.2, 0) is 15.9 Å². The summed E-state index contributed by atoms with van der Waals surface area (Å²) in [5.74, 6) is -1.76. The molecule has 1 aromatic heterocycles. The van der Waals surface area contributed by atoms with Gasteiger partial charge in [0.05, 0.1) is 18.5 Å². The van der Waals surface area contributed by atoms with Gasteiger partial charge in [-0.3, -0.25) is 9.59 Å². The molecule has 12 heteroatoms. The van der Waals surface area contributed by atoms with Crippen molar-refractivity contribution >= 4 is 11.7 Å². The molecule has 0 aliphatic rings. The summed E-state index contributed by atoms with van der Waals surface area (Å²) in [6, 6.07) is 10.7. The molecule has 1 atom stereocenters. The topological polar surface area (TPSA) is 124 Å². The number of alkyl halides is 3. The minimum atomic E-state index is -5.21. The van der Waals surface area contributed by atoms with E-state index in [0.29, 0.717) is 11.1 Å². The molecule has 42 heavy (non-hydrogen) atoms. The highest BCUT2D eigenvalue weighted by Crippen LogP contribution is 2.44. The van der Waals surface area contributed by atoms with Crippen LogP contribution in [0.1, 0.15) is 53.9 Å². The van der Waals surface area contributed by atoms with Crippen LogP contribution in [0.5, 0.6) is 11.5 Å². The second-order valence-corrected chi connectivity index (χ2v) is 10.4. The van der Waals surface area contributed by atoms with E-state index in [4.69, 9.17) is 15.2 Å². The van der Waals surface area contributed by atoms with E-state index in [-0.39, 0.29) is 28.3 Å². The number of aliphatic hydroxyl groups is 1. The number of ketones is 1. The molecule has 0 aliphatic heterocycles. The Bertz CT molecular complexity index is 1480. The van der Waals surface area contributed by atoms with Crippen LogP contribution in [0.25, 0.3) is 11.3 Å². The van der Waals surface area contributed by atoms with Gasteiger partial charge in [-0.2, -0.15) is 13.2 Å². The number of hydrogen-bond acceptors (Lipinski definition) is 7. The Hall–Kier alpha value is -4.03. The number of amides is 1. The molecule has 0 saturated carbocycles. The van der Waals surface area contributed by atoms with Crippen LogP contribution < -0.4 is 20.5 Å². The number of primary amides is 1. The third-order valence-electron chi connectivity index (χ3n) is 7.09. The molecule has 8 nitrogen and oxygen atoms in total. The summed E-state index contributed by atoms with van der Waals surface area (Å²) in [5, 5.41) is 14.2. The fourth-order valence-electron chi connectivity index (χ4n) is 4.16. The molecule has 3 aromatic rings. The molecule has 3 rings (SSSR count). The normalized spacial score (nSPS) is 13.4. The maximum atomic E-state index is 14.6. The summed E-state index contributed by atoms with van der Waals surface area (Å²) in [4.78, 5) is 28.2. The minimum Gasteiger partial charge on any atom is -0.493 e. The Balaban J connectivity index is 2.03. The van der Waals surface area contributed by atoms with Crippen molar-refractivity contribution in [3.05, 3.63) is 76.7 Å². The van der Waals surface area contributed by atoms with Gasteiger partial charge >= 0.3 is 6.18 Å². The second kappa shape index (κ2) is 12.5. The number of halogens is 4. The number of rotatable bonds is 12. The first-order valence-corrected chi connectivity index (χ1v) is 12.9. The van der Waals surface area contributed by atoms with Crippen molar-refractivity contribution < 1.29 is 41.7 Å². The van der Waals surface area contributed by atoms with Crippen LogP contribution in [-0.4, -0.2) is 48.7 Å². The number of carbonyl (C=O) groups is 2. The lowest BCUT2D eigenvalue weighted by Gasteiger charge is -2.32. The molecule has 226 valence electrons. The summed E-state index contributed by atoms with van der Waals surface area (Å²) in [5.41, 5.74) is 1.15. The molecular weight excluding hydrogens is 558 g/mol. The average Bonchev–Trinajstić information content (AvgIpc) is 2.94. The van der Waals surface area contributed by atoms with Crippen molar-refractivity contribution in [3.63, 3.8) is 0 Å². The predicted molar refractivity (Wildman–Crippen MR) is 148 cm³/mol. The van der Waals surface area contributed by atoms with E-state index in [1.54, 1.807) is 27.0 Å². The van der Waals surface area contributed by atoms with E-state index in [1.165, 1.54) is 50.4 Å². The maximum absolute atomic E-state index is 14.6. The van der Waals surface area contributed by atoms with Crippen LogP contribution >= 0.6 is 0 Å². The molecule has 2 aromatic carbocycles. The third-order valence-corrected chi connectivity index (χ3v) is 7.09. The first kappa shape index (κ1) is 32.5. The lowest BCUT2D eigenvalue weighted by molar-refractivity contribution is -0.270. The second-order valence-electron chi connectivity index (χ2n) is 10.4. The van der Waals surface area contributed by atoms with Crippen molar-refractivity contribution in [2.75, 3.05) is 20.8 Å². The van der Waals surface area contributed by atoms with E-state index in [1.807, 2.05) is 0 Å². The Morgan fingerprint density at radius 1 is 1.05 bits per heavy atom. The van der Waals surface area contributed by atoms with Crippen LogP contribution in [0.4, 0.5) is 17.6 Å². The molecule has 0 aliphatic carbocycles. The summed E-state index contributed by atoms with van der Waals surface area (Å²) in [6.07, 6.45) is -6.94. The van der Waals surface area contributed by atoms with Crippen molar-refractivity contribution in [1.82, 2.24) is 10.3 Å². The lowest BCUT2D eigenvalue weighted by Crippen LogP contribution is -2.44. The van der Waals surface area contributed by atoms with E-state index in [0.717, 1.165) is 6.07 Å². The Morgan fingerprint density at radius 2 is 1.74 bits per heavy atom. The average molecular weight is 592 g/mol. The van der Waals surface area contributed by atoms with Crippen LogP contribution in [0, 0.1) is 12.7 Å². The first-order valence-electron chi connectivity index (χ1n) is 12.9. The van der Waals surface area contributed by atoms with Gasteiger partial charge in [0.25, 0.3) is 5.91 Å². The quantitative estimate of drug-likeness (QED) is 0.201. The zero-order valence-electron chi connectivity index (χ0n) is 23.9. The van der Waals surface area contributed by atoms with Crippen molar-refractivity contribution in [2.45, 2.75) is 50.9 Å². The van der Waals surface area contributed by atoms with E-state index < -0.39 is 60.0 Å². The van der Waals surface area contributed by atoms with Gasteiger partial charge < -0.3 is 25.6 Å². The molecule has 0 spiro atoms. The van der Waals surface area contributed by atoms with Crippen molar-refractivity contribution in [2.24, 2.45) is 5.73 Å². The summed E-state index contributed by atoms with van der Waals surface area (Å²) in [7, 11) is 2.92. The van der Waals surface area contributed by atoms with E-state index in [2.05, 4.69) is 10.3 Å². The summed E-state index contributed by atoms with van der Waals surface area (Å²) < 4.78 is 68.1. The lowest BCUT2D eigenvalue weighted by atomic mass is 9.86. The molecule has 4 N–H and O–H groups in total. The highest BCUT2D eigenvalue weighted by molar-refractivity contribution is 5.96. The Morgan fingerprint density at radius 3 is 2.31 bits per heavy atom. The van der Waals surface area contributed by atoms with Gasteiger partial charge in [0, 0.05) is 23.1 Å². The smallest absolute Gasteiger partial charge is 0.422 e. The predicted octanol–water partition coefficient (Wildman–Crippen LogP) is 4.94. The van der Waals surface area contributed by atoms with Gasteiger partial charge in [0.15, 0.2) is 23.9 Å². The number of nitrogens with zero attached hydrogens (tertiary/aromatic N) is 1. The summed E-state index contributed by atoms with van der Waals surface area (Å²) in [6.45, 7) is 4.56. The van der Waals surface area contributed by atoms with E-state index in [9.17, 15) is 32.3 Å². The molecule has 0 radical (unpaired) electrons. The van der Waals surface area contributed by atoms with Gasteiger partial charge in [0.2, 0.25) is 5.60 Å². The zero-order chi connectivity index (χ0) is 31.5. The molecular formula is C30H33F4N3O5. The number of nitrogens with one attached hydrogen (secondary N) is 1. The van der Waals surface area contributed by atoms with E-state index >= 15 is 0 Å². The zero-order valence-corrected chi connectivity index (χ0v) is 23.9. The number of carbonyl (C=O) groups excluding carboxylic acids is 2. The maximum Gasteiger partial charge on any atom is 0.422 e. The number of pyridine rings is 1. The Kier molecular flexibility index (Phi) is 9.63. The van der Waals surface area contributed by atoms with Gasteiger partial charge in [0.1, 0.15) is 5.82 Å². The van der Waals surface area contributed by atoms with Crippen LogP contribution in [0.3, 0.4) is 0 Å². The van der Waals surface area contributed by atoms with Gasteiger partial charge in [-0.1, -0.05) is 0 Å². The van der Waals surface area contributed by atoms with Gasteiger partial charge in [-0.05, 0) is 93.9 Å². The van der Waals surface area contributed by atoms with Crippen molar-refractivity contribution in [3.8, 4) is 22.8 Å². The Labute approximate surface area is 240 Å².